The number of benzene rings is 1. The van der Waals surface area contributed by atoms with Crippen LogP contribution in [-0.2, 0) is 4.79 Å². The molecule has 1 aromatic carbocycles. The maximum absolute atomic E-state index is 12.1. The Morgan fingerprint density at radius 1 is 1.38 bits per heavy atom. The van der Waals surface area contributed by atoms with Gasteiger partial charge in [-0.25, -0.2) is 4.98 Å². The van der Waals surface area contributed by atoms with Crippen LogP contribution < -0.4 is 14.8 Å². The van der Waals surface area contributed by atoms with Crippen molar-refractivity contribution in [1.29, 1.82) is 0 Å². The van der Waals surface area contributed by atoms with Gasteiger partial charge < -0.3 is 14.8 Å². The maximum atomic E-state index is 12.1. The molecule has 6 heteroatoms. The topological polar surface area (TPSA) is 60.5 Å². The fourth-order valence-electron chi connectivity index (χ4n) is 2.74. The first-order valence-corrected chi connectivity index (χ1v) is 8.72. The number of nitrogens with zero attached hydrogens (tertiary/aromatic N) is 1. The first kappa shape index (κ1) is 16.5. The van der Waals surface area contributed by atoms with Crippen molar-refractivity contribution in [2.75, 3.05) is 19.5 Å². The predicted molar refractivity (Wildman–Crippen MR) is 95.8 cm³/mol. The van der Waals surface area contributed by atoms with Crippen LogP contribution in [0.5, 0.6) is 11.5 Å². The average molecular weight is 344 g/mol. The zero-order chi connectivity index (χ0) is 16.9. The first-order chi connectivity index (χ1) is 11.7. The molecule has 126 valence electrons. The minimum absolute atomic E-state index is 0.00468. The van der Waals surface area contributed by atoms with Crippen molar-refractivity contribution in [2.45, 2.75) is 19.3 Å². The number of rotatable bonds is 6. The lowest BCUT2D eigenvalue weighted by Gasteiger charge is -2.08. The van der Waals surface area contributed by atoms with Gasteiger partial charge in [-0.2, -0.15) is 0 Å². The number of thiazole rings is 1. The largest absolute Gasteiger partial charge is 0.497 e. The standard InChI is InChI=1S/C18H20N2O3S/c1-22-13-7-8-16(23-2)14(10-13)15-11-24-18(19-15)20-17(21)9-12-5-3-4-6-12/h3,5,7-8,10-12H,4,6,9H2,1-2H3,(H,19,20,21). The molecule has 0 radical (unpaired) electrons. The summed E-state index contributed by atoms with van der Waals surface area (Å²) in [4.78, 5) is 16.6. The Bertz CT molecular complexity index is 754. The fraction of sp³-hybridized carbons (Fsp3) is 0.333. The molecule has 0 spiro atoms. The van der Waals surface area contributed by atoms with Crippen LogP contribution in [0.1, 0.15) is 19.3 Å². The molecule has 1 aliphatic rings. The van der Waals surface area contributed by atoms with Crippen LogP contribution >= 0.6 is 11.3 Å². The number of hydrogen-bond acceptors (Lipinski definition) is 5. The number of hydrogen-bond donors (Lipinski definition) is 1. The second-order valence-electron chi connectivity index (χ2n) is 5.62. The number of aromatic nitrogens is 1. The van der Waals surface area contributed by atoms with Gasteiger partial charge in [0.2, 0.25) is 5.91 Å². The van der Waals surface area contributed by atoms with Gasteiger partial charge in [-0.3, -0.25) is 4.79 Å². The van der Waals surface area contributed by atoms with E-state index in [9.17, 15) is 4.79 Å². The molecule has 2 aromatic rings. The van der Waals surface area contributed by atoms with E-state index >= 15 is 0 Å². The Morgan fingerprint density at radius 3 is 2.96 bits per heavy atom. The van der Waals surface area contributed by atoms with Gasteiger partial charge in [-0.05, 0) is 37.0 Å². The highest BCUT2D eigenvalue weighted by Gasteiger charge is 2.16. The van der Waals surface area contributed by atoms with Gasteiger partial charge >= 0.3 is 0 Å². The number of allylic oxidation sites excluding steroid dienone is 2. The second kappa shape index (κ2) is 7.49. The number of carbonyl (C=O) groups excluding carboxylic acids is 1. The van der Waals surface area contributed by atoms with Crippen molar-refractivity contribution in [2.24, 2.45) is 5.92 Å². The molecule has 1 aliphatic carbocycles. The minimum Gasteiger partial charge on any atom is -0.497 e. The molecule has 1 atom stereocenters. The van der Waals surface area contributed by atoms with Crippen molar-refractivity contribution in [3.63, 3.8) is 0 Å². The molecule has 5 nitrogen and oxygen atoms in total. The van der Waals surface area contributed by atoms with Gasteiger partial charge in [0.25, 0.3) is 0 Å². The van der Waals surface area contributed by atoms with E-state index in [1.807, 2.05) is 23.6 Å². The quantitative estimate of drug-likeness (QED) is 0.801. The SMILES string of the molecule is COc1ccc(OC)c(-c2csc(NC(=O)CC3C=CCC3)n2)c1. The van der Waals surface area contributed by atoms with E-state index in [1.54, 1.807) is 14.2 Å². The number of anilines is 1. The lowest BCUT2D eigenvalue weighted by Crippen LogP contribution is -2.14. The Labute approximate surface area is 145 Å². The minimum atomic E-state index is 0.00468. The molecule has 0 saturated carbocycles. The van der Waals surface area contributed by atoms with Gasteiger partial charge in [0.1, 0.15) is 11.5 Å². The van der Waals surface area contributed by atoms with Gasteiger partial charge in [-0.1, -0.05) is 12.2 Å². The Hall–Kier alpha value is -2.34. The molecular formula is C18H20N2O3S. The van der Waals surface area contributed by atoms with Gasteiger partial charge in [-0.15, -0.1) is 11.3 Å². The molecule has 1 N–H and O–H groups in total. The third-order valence-electron chi connectivity index (χ3n) is 3.99. The van der Waals surface area contributed by atoms with Crippen molar-refractivity contribution in [3.8, 4) is 22.8 Å². The van der Waals surface area contributed by atoms with Crippen LogP contribution in [0, 0.1) is 5.92 Å². The van der Waals surface area contributed by atoms with Gasteiger partial charge in [0.05, 0.1) is 19.9 Å². The van der Waals surface area contributed by atoms with Crippen molar-refractivity contribution in [3.05, 3.63) is 35.7 Å². The first-order valence-electron chi connectivity index (χ1n) is 7.84. The second-order valence-corrected chi connectivity index (χ2v) is 6.48. The van der Waals surface area contributed by atoms with E-state index in [2.05, 4.69) is 22.5 Å². The normalized spacial score (nSPS) is 16.2. The Balaban J connectivity index is 1.73. The molecule has 24 heavy (non-hydrogen) atoms. The molecule has 3 rings (SSSR count). The van der Waals surface area contributed by atoms with Crippen LogP contribution in [0.2, 0.25) is 0 Å². The molecule has 0 saturated heterocycles. The monoisotopic (exact) mass is 344 g/mol. The van der Waals surface area contributed by atoms with E-state index < -0.39 is 0 Å². The number of carbonyl (C=O) groups is 1. The summed E-state index contributed by atoms with van der Waals surface area (Å²) in [6.07, 6.45) is 6.88. The summed E-state index contributed by atoms with van der Waals surface area (Å²) in [6, 6.07) is 5.56. The summed E-state index contributed by atoms with van der Waals surface area (Å²) in [5.74, 6) is 1.81. The smallest absolute Gasteiger partial charge is 0.226 e. The third-order valence-corrected chi connectivity index (χ3v) is 4.75. The van der Waals surface area contributed by atoms with E-state index in [1.165, 1.54) is 11.3 Å². The maximum Gasteiger partial charge on any atom is 0.226 e. The highest BCUT2D eigenvalue weighted by Crippen LogP contribution is 2.35. The molecule has 1 heterocycles. The van der Waals surface area contributed by atoms with E-state index in [4.69, 9.17) is 9.47 Å². The summed E-state index contributed by atoms with van der Waals surface area (Å²) in [5, 5.41) is 5.39. The molecule has 1 unspecified atom stereocenters. The molecule has 0 aliphatic heterocycles. The number of nitrogens with one attached hydrogen (secondary N) is 1. The summed E-state index contributed by atoms with van der Waals surface area (Å²) in [5.41, 5.74) is 1.60. The van der Waals surface area contributed by atoms with Crippen LogP contribution in [0.25, 0.3) is 11.3 Å². The summed E-state index contributed by atoms with van der Waals surface area (Å²) >= 11 is 1.41. The Kier molecular flexibility index (Phi) is 5.15. The van der Waals surface area contributed by atoms with Crippen LogP contribution in [0.4, 0.5) is 5.13 Å². The zero-order valence-electron chi connectivity index (χ0n) is 13.7. The molecule has 1 amide bonds. The van der Waals surface area contributed by atoms with E-state index in [-0.39, 0.29) is 5.91 Å². The number of ether oxygens (including phenoxy) is 2. The summed E-state index contributed by atoms with van der Waals surface area (Å²) in [6.45, 7) is 0. The van der Waals surface area contributed by atoms with Crippen LogP contribution in [0.3, 0.4) is 0 Å². The lowest BCUT2D eigenvalue weighted by atomic mass is 10.1. The van der Waals surface area contributed by atoms with E-state index in [0.717, 1.165) is 35.6 Å². The van der Waals surface area contributed by atoms with Gasteiger partial charge in [0, 0.05) is 17.4 Å². The van der Waals surface area contributed by atoms with Crippen LogP contribution in [-0.4, -0.2) is 25.1 Å². The number of amides is 1. The highest BCUT2D eigenvalue weighted by atomic mass is 32.1. The average Bonchev–Trinajstić information content (AvgIpc) is 3.26. The zero-order valence-corrected chi connectivity index (χ0v) is 14.6. The molecule has 1 aromatic heterocycles. The number of methoxy groups -OCH3 is 2. The lowest BCUT2D eigenvalue weighted by molar-refractivity contribution is -0.116. The van der Waals surface area contributed by atoms with Crippen molar-refractivity contribution in [1.82, 2.24) is 4.98 Å². The fourth-order valence-corrected chi connectivity index (χ4v) is 3.47. The third kappa shape index (κ3) is 3.76. The molecule has 0 fully saturated rings. The molecule has 0 bridgehead atoms. The van der Waals surface area contributed by atoms with Crippen LogP contribution in [0.15, 0.2) is 35.7 Å². The van der Waals surface area contributed by atoms with Crippen molar-refractivity contribution >= 4 is 22.4 Å². The van der Waals surface area contributed by atoms with E-state index in [0.29, 0.717) is 17.5 Å². The van der Waals surface area contributed by atoms with Gasteiger partial charge in [0.15, 0.2) is 5.13 Å². The summed E-state index contributed by atoms with van der Waals surface area (Å²) < 4.78 is 10.7. The Morgan fingerprint density at radius 2 is 2.25 bits per heavy atom. The summed E-state index contributed by atoms with van der Waals surface area (Å²) in [7, 11) is 3.24. The predicted octanol–water partition coefficient (Wildman–Crippen LogP) is 4.12. The van der Waals surface area contributed by atoms with Crippen molar-refractivity contribution < 1.29 is 14.3 Å². The highest BCUT2D eigenvalue weighted by molar-refractivity contribution is 7.14. The molecular weight excluding hydrogens is 324 g/mol.